The maximum Gasteiger partial charge on any atom is 0.150 e. The molecule has 1 aliphatic rings. The first-order valence-electron chi connectivity index (χ1n) is 6.99. The van der Waals surface area contributed by atoms with E-state index in [0.717, 1.165) is 19.4 Å². The molecule has 17 heavy (non-hydrogen) atoms. The van der Waals surface area contributed by atoms with Crippen LogP contribution >= 0.6 is 0 Å². The van der Waals surface area contributed by atoms with Crippen molar-refractivity contribution >= 4 is 9.84 Å². The Kier molecular flexibility index (Phi) is 6.49. The fourth-order valence-electron chi connectivity index (χ4n) is 2.86. The Balaban J connectivity index is 2.37. The van der Waals surface area contributed by atoms with Gasteiger partial charge in [-0.2, -0.15) is 0 Å². The molecule has 2 atom stereocenters. The van der Waals surface area contributed by atoms with Crippen LogP contribution < -0.4 is 5.73 Å². The molecule has 0 amide bonds. The fourth-order valence-corrected chi connectivity index (χ4v) is 3.76. The van der Waals surface area contributed by atoms with Crippen molar-refractivity contribution in [2.24, 2.45) is 17.6 Å². The zero-order chi connectivity index (χ0) is 12.7. The second kappa shape index (κ2) is 7.37. The van der Waals surface area contributed by atoms with Crippen molar-refractivity contribution in [1.29, 1.82) is 0 Å². The summed E-state index contributed by atoms with van der Waals surface area (Å²) >= 11 is 0. The molecule has 0 saturated heterocycles. The average molecular weight is 261 g/mol. The lowest BCUT2D eigenvalue weighted by atomic mass is 9.85. The van der Waals surface area contributed by atoms with Crippen molar-refractivity contribution in [2.45, 2.75) is 51.9 Å². The zero-order valence-corrected chi connectivity index (χ0v) is 11.8. The lowest BCUT2D eigenvalue weighted by molar-refractivity contribution is 0.299. The molecule has 0 aliphatic heterocycles. The van der Waals surface area contributed by atoms with Crippen molar-refractivity contribution in [3.05, 3.63) is 0 Å². The van der Waals surface area contributed by atoms with E-state index in [4.69, 9.17) is 5.73 Å². The summed E-state index contributed by atoms with van der Waals surface area (Å²) in [5, 5.41) is 0. The maximum atomic E-state index is 11.4. The molecule has 2 N–H and O–H groups in total. The van der Waals surface area contributed by atoms with E-state index in [2.05, 4.69) is 0 Å². The number of sulfone groups is 1. The van der Waals surface area contributed by atoms with Gasteiger partial charge in [-0.1, -0.05) is 32.6 Å². The molecule has 0 aromatic rings. The van der Waals surface area contributed by atoms with E-state index in [1.54, 1.807) is 6.92 Å². The summed E-state index contributed by atoms with van der Waals surface area (Å²) in [6, 6.07) is 0. The summed E-state index contributed by atoms with van der Waals surface area (Å²) < 4.78 is 22.9. The van der Waals surface area contributed by atoms with E-state index in [1.807, 2.05) is 0 Å². The zero-order valence-electron chi connectivity index (χ0n) is 11.0. The molecule has 1 aliphatic carbocycles. The van der Waals surface area contributed by atoms with Crippen molar-refractivity contribution in [2.75, 3.05) is 18.1 Å². The first-order valence-corrected chi connectivity index (χ1v) is 8.81. The molecule has 1 saturated carbocycles. The van der Waals surface area contributed by atoms with Crippen molar-refractivity contribution < 1.29 is 8.42 Å². The third kappa shape index (κ3) is 5.38. The molecule has 0 spiro atoms. The number of rotatable bonds is 6. The smallest absolute Gasteiger partial charge is 0.150 e. The lowest BCUT2D eigenvalue weighted by Gasteiger charge is -2.23. The Morgan fingerprint density at radius 2 is 1.76 bits per heavy atom. The molecule has 0 radical (unpaired) electrons. The van der Waals surface area contributed by atoms with Gasteiger partial charge in [-0.25, -0.2) is 8.42 Å². The van der Waals surface area contributed by atoms with Crippen LogP contribution in [0.5, 0.6) is 0 Å². The van der Waals surface area contributed by atoms with Crippen LogP contribution in [0.4, 0.5) is 0 Å². The fraction of sp³-hybridized carbons (Fsp3) is 1.00. The lowest BCUT2D eigenvalue weighted by Crippen LogP contribution is -2.23. The molecule has 102 valence electrons. The molecule has 4 heteroatoms. The molecule has 2 unspecified atom stereocenters. The van der Waals surface area contributed by atoms with E-state index < -0.39 is 9.84 Å². The van der Waals surface area contributed by atoms with Crippen LogP contribution in [0.3, 0.4) is 0 Å². The van der Waals surface area contributed by atoms with Gasteiger partial charge in [0.15, 0.2) is 0 Å². The van der Waals surface area contributed by atoms with Crippen LogP contribution in [-0.4, -0.2) is 26.5 Å². The quantitative estimate of drug-likeness (QED) is 0.747. The summed E-state index contributed by atoms with van der Waals surface area (Å²) in [4.78, 5) is 0. The highest BCUT2D eigenvalue weighted by Gasteiger charge is 2.22. The predicted octanol–water partition coefficient (Wildman–Crippen LogP) is 2.36. The molecule has 1 rings (SSSR count). The van der Waals surface area contributed by atoms with E-state index in [-0.39, 0.29) is 5.75 Å². The Hall–Kier alpha value is -0.0900. The van der Waals surface area contributed by atoms with E-state index >= 15 is 0 Å². The summed E-state index contributed by atoms with van der Waals surface area (Å²) in [5.41, 5.74) is 5.83. The van der Waals surface area contributed by atoms with Gasteiger partial charge in [0.2, 0.25) is 0 Å². The van der Waals surface area contributed by atoms with Crippen LogP contribution in [0.15, 0.2) is 0 Å². The molecular weight excluding hydrogens is 234 g/mol. The van der Waals surface area contributed by atoms with E-state index in [0.29, 0.717) is 17.6 Å². The molecule has 0 heterocycles. The van der Waals surface area contributed by atoms with Gasteiger partial charge in [0.1, 0.15) is 9.84 Å². The average Bonchev–Trinajstić information content (AvgIpc) is 2.54. The van der Waals surface area contributed by atoms with Crippen molar-refractivity contribution in [3.63, 3.8) is 0 Å². The molecule has 1 fully saturated rings. The molecular formula is C13H27NO2S. The van der Waals surface area contributed by atoms with Crippen LogP contribution in [0.2, 0.25) is 0 Å². The second-order valence-electron chi connectivity index (χ2n) is 5.27. The Bertz CT molecular complexity index is 301. The monoisotopic (exact) mass is 261 g/mol. The maximum absolute atomic E-state index is 11.4. The van der Waals surface area contributed by atoms with Gasteiger partial charge in [-0.3, -0.25) is 0 Å². The number of hydrogen-bond donors (Lipinski definition) is 1. The third-order valence-electron chi connectivity index (χ3n) is 4.09. The largest absolute Gasteiger partial charge is 0.330 e. The highest BCUT2D eigenvalue weighted by Crippen LogP contribution is 2.31. The minimum Gasteiger partial charge on any atom is -0.330 e. The minimum atomic E-state index is -2.78. The van der Waals surface area contributed by atoms with Gasteiger partial charge >= 0.3 is 0 Å². The summed E-state index contributed by atoms with van der Waals surface area (Å²) in [5.74, 6) is 1.92. The van der Waals surface area contributed by atoms with Crippen LogP contribution in [-0.2, 0) is 9.84 Å². The number of hydrogen-bond acceptors (Lipinski definition) is 3. The van der Waals surface area contributed by atoms with Crippen molar-refractivity contribution in [3.8, 4) is 0 Å². The Morgan fingerprint density at radius 1 is 1.12 bits per heavy atom. The normalized spacial score (nSPS) is 26.7. The van der Waals surface area contributed by atoms with E-state index in [1.165, 1.54) is 32.1 Å². The standard InChI is InChI=1S/C13H27NO2S/c1-2-17(15,16)10-6-9-12-7-4-3-5-8-13(12)11-14/h12-13H,2-11,14H2,1H3. The second-order valence-corrected chi connectivity index (χ2v) is 7.75. The van der Waals surface area contributed by atoms with Gasteiger partial charge < -0.3 is 5.73 Å². The first kappa shape index (κ1) is 15.0. The molecule has 0 aromatic carbocycles. The van der Waals surface area contributed by atoms with Gasteiger partial charge in [-0.15, -0.1) is 0 Å². The molecule has 0 bridgehead atoms. The van der Waals surface area contributed by atoms with Gasteiger partial charge in [0, 0.05) is 5.75 Å². The summed E-state index contributed by atoms with van der Waals surface area (Å²) in [6.45, 7) is 2.49. The highest BCUT2D eigenvalue weighted by atomic mass is 32.2. The predicted molar refractivity (Wildman–Crippen MR) is 72.7 cm³/mol. The van der Waals surface area contributed by atoms with Crippen LogP contribution in [0.1, 0.15) is 51.9 Å². The van der Waals surface area contributed by atoms with Gasteiger partial charge in [0.05, 0.1) is 5.75 Å². The first-order chi connectivity index (χ1) is 8.09. The molecule has 3 nitrogen and oxygen atoms in total. The van der Waals surface area contributed by atoms with Crippen LogP contribution in [0.25, 0.3) is 0 Å². The SMILES string of the molecule is CCS(=O)(=O)CCCC1CCCCCC1CN. The van der Waals surface area contributed by atoms with Crippen LogP contribution in [0, 0.1) is 11.8 Å². The number of nitrogens with two attached hydrogens (primary N) is 1. The Labute approximate surface area is 106 Å². The summed E-state index contributed by atoms with van der Waals surface area (Å²) in [7, 11) is -2.78. The third-order valence-corrected chi connectivity index (χ3v) is 5.88. The van der Waals surface area contributed by atoms with E-state index in [9.17, 15) is 8.42 Å². The minimum absolute atomic E-state index is 0.276. The molecule has 0 aromatic heterocycles. The Morgan fingerprint density at radius 3 is 2.35 bits per heavy atom. The van der Waals surface area contributed by atoms with Gasteiger partial charge in [0.25, 0.3) is 0 Å². The highest BCUT2D eigenvalue weighted by molar-refractivity contribution is 7.91. The topological polar surface area (TPSA) is 60.2 Å². The summed E-state index contributed by atoms with van der Waals surface area (Å²) in [6.07, 6.45) is 8.25. The van der Waals surface area contributed by atoms with Crippen molar-refractivity contribution in [1.82, 2.24) is 0 Å². The van der Waals surface area contributed by atoms with Gasteiger partial charge in [-0.05, 0) is 37.6 Å².